The summed E-state index contributed by atoms with van der Waals surface area (Å²) in [7, 11) is 0. The molecule has 0 spiro atoms. The summed E-state index contributed by atoms with van der Waals surface area (Å²) in [5.41, 5.74) is 12.6. The van der Waals surface area contributed by atoms with Gasteiger partial charge in [0.25, 0.3) is 0 Å². The quantitative estimate of drug-likeness (QED) is 0.181. The molecule has 0 saturated heterocycles. The first kappa shape index (κ1) is 25.3. The van der Waals surface area contributed by atoms with Gasteiger partial charge in [-0.05, 0) is 125 Å². The zero-order chi connectivity index (χ0) is 30.6. The number of furan rings is 1. The van der Waals surface area contributed by atoms with E-state index in [4.69, 9.17) is 4.42 Å². The summed E-state index contributed by atoms with van der Waals surface area (Å²) in [4.78, 5) is 0. The van der Waals surface area contributed by atoms with Gasteiger partial charge in [0.1, 0.15) is 11.2 Å². The van der Waals surface area contributed by atoms with Gasteiger partial charge in [-0.3, -0.25) is 0 Å². The van der Waals surface area contributed by atoms with Crippen LogP contribution in [0.3, 0.4) is 0 Å². The van der Waals surface area contributed by atoms with E-state index in [-0.39, 0.29) is 0 Å². The molecule has 0 fully saturated rings. The topological polar surface area (TPSA) is 13.1 Å². The predicted molar refractivity (Wildman–Crippen MR) is 200 cm³/mol. The molecule has 218 valence electrons. The smallest absolute Gasteiger partial charge is 0.136 e. The molecule has 8 aromatic carbocycles. The van der Waals surface area contributed by atoms with Crippen molar-refractivity contribution in [3.05, 3.63) is 156 Å². The Kier molecular flexibility index (Phi) is 5.01. The van der Waals surface area contributed by atoms with Crippen molar-refractivity contribution in [2.45, 2.75) is 12.8 Å². The molecule has 0 amide bonds. The van der Waals surface area contributed by atoms with Crippen LogP contribution in [0.15, 0.2) is 144 Å². The van der Waals surface area contributed by atoms with E-state index < -0.39 is 0 Å². The monoisotopic (exact) mass is 596 g/mol. The lowest BCUT2D eigenvalue weighted by molar-refractivity contribution is 0.669. The molecule has 1 nitrogen and oxygen atoms in total. The maximum atomic E-state index is 6.55. The molecule has 0 radical (unpaired) electrons. The minimum absolute atomic E-state index is 0.922. The highest BCUT2D eigenvalue weighted by molar-refractivity contribution is 6.23. The van der Waals surface area contributed by atoms with Gasteiger partial charge in [-0.1, -0.05) is 121 Å². The van der Waals surface area contributed by atoms with Crippen molar-refractivity contribution in [3.8, 4) is 22.3 Å². The van der Waals surface area contributed by atoms with Gasteiger partial charge in [0.05, 0.1) is 0 Å². The van der Waals surface area contributed by atoms with E-state index in [0.29, 0.717) is 0 Å². The summed E-state index contributed by atoms with van der Waals surface area (Å²) in [6.07, 6.45) is 9.04. The Morgan fingerprint density at radius 2 is 1.15 bits per heavy atom. The van der Waals surface area contributed by atoms with E-state index >= 15 is 0 Å². The van der Waals surface area contributed by atoms with Crippen LogP contribution in [-0.2, 0) is 6.42 Å². The number of hydrogen-bond donors (Lipinski definition) is 0. The van der Waals surface area contributed by atoms with Crippen LogP contribution in [0.2, 0.25) is 0 Å². The first-order valence-electron chi connectivity index (χ1n) is 16.5. The van der Waals surface area contributed by atoms with E-state index in [1.54, 1.807) is 0 Å². The fourth-order valence-electron chi connectivity index (χ4n) is 8.61. The molecule has 0 aliphatic heterocycles. The molecular weight excluding hydrogens is 569 g/mol. The molecule has 9 aromatic rings. The Balaban J connectivity index is 1.20. The second-order valence-corrected chi connectivity index (χ2v) is 13.1. The maximum absolute atomic E-state index is 6.55. The van der Waals surface area contributed by atoms with Crippen molar-refractivity contribution in [1.29, 1.82) is 0 Å². The van der Waals surface area contributed by atoms with E-state index in [9.17, 15) is 0 Å². The highest BCUT2D eigenvalue weighted by Crippen LogP contribution is 2.49. The van der Waals surface area contributed by atoms with Crippen molar-refractivity contribution in [2.75, 3.05) is 0 Å². The normalized spacial score (nSPS) is 13.8. The SMILES string of the molecule is C1=Cc2ccc3ccc(-c4c5ccccc5c(-c5ccc6c(c5)oc5cc7ccccc7cc56)c5ccccc45)c4c3c2C(=CC4)C1. The molecular formula is C46H28O. The second-order valence-electron chi connectivity index (χ2n) is 13.1. The fourth-order valence-corrected chi connectivity index (χ4v) is 8.61. The third kappa shape index (κ3) is 3.49. The minimum atomic E-state index is 0.922. The van der Waals surface area contributed by atoms with E-state index in [2.05, 4.69) is 146 Å². The lowest BCUT2D eigenvalue weighted by atomic mass is 9.77. The summed E-state index contributed by atoms with van der Waals surface area (Å²) in [6.45, 7) is 0. The van der Waals surface area contributed by atoms with Crippen molar-refractivity contribution in [1.82, 2.24) is 0 Å². The largest absolute Gasteiger partial charge is 0.456 e. The summed E-state index contributed by atoms with van der Waals surface area (Å²) < 4.78 is 6.55. The zero-order valence-electron chi connectivity index (χ0n) is 25.7. The van der Waals surface area contributed by atoms with Crippen LogP contribution in [-0.4, -0.2) is 0 Å². The predicted octanol–water partition coefficient (Wildman–Crippen LogP) is 12.9. The molecule has 0 atom stereocenters. The van der Waals surface area contributed by atoms with Gasteiger partial charge in [0.15, 0.2) is 0 Å². The van der Waals surface area contributed by atoms with Crippen LogP contribution >= 0.6 is 0 Å². The van der Waals surface area contributed by atoms with Crippen LogP contribution in [0.1, 0.15) is 23.1 Å². The fraction of sp³-hybridized carbons (Fsp3) is 0.0435. The molecule has 1 aromatic heterocycles. The molecule has 2 aliphatic carbocycles. The lowest BCUT2D eigenvalue weighted by Crippen LogP contribution is -2.05. The second kappa shape index (κ2) is 9.31. The first-order chi connectivity index (χ1) is 23.3. The Labute approximate surface area is 271 Å². The highest BCUT2D eigenvalue weighted by Gasteiger charge is 2.24. The van der Waals surface area contributed by atoms with Crippen LogP contribution in [0, 0.1) is 0 Å². The van der Waals surface area contributed by atoms with Gasteiger partial charge in [-0.2, -0.15) is 0 Å². The van der Waals surface area contributed by atoms with Crippen molar-refractivity contribution >= 4 is 76.7 Å². The molecule has 0 saturated carbocycles. The number of fused-ring (bicyclic) bond motifs is 6. The van der Waals surface area contributed by atoms with Crippen LogP contribution in [0.25, 0.3) is 98.9 Å². The highest BCUT2D eigenvalue weighted by atomic mass is 16.3. The molecule has 1 heteroatoms. The number of allylic oxidation sites excluding steroid dienone is 3. The number of benzene rings is 8. The zero-order valence-corrected chi connectivity index (χ0v) is 25.7. The third-order valence-corrected chi connectivity index (χ3v) is 10.7. The summed E-state index contributed by atoms with van der Waals surface area (Å²) in [5, 5.41) is 12.6. The Hall–Kier alpha value is -5.92. The molecule has 2 aliphatic rings. The lowest BCUT2D eigenvalue weighted by Gasteiger charge is -2.26. The molecule has 11 rings (SSSR count). The molecule has 0 unspecified atom stereocenters. The van der Waals surface area contributed by atoms with Crippen molar-refractivity contribution < 1.29 is 4.42 Å². The Morgan fingerprint density at radius 3 is 1.94 bits per heavy atom. The molecule has 0 bridgehead atoms. The maximum Gasteiger partial charge on any atom is 0.136 e. The molecule has 1 heterocycles. The van der Waals surface area contributed by atoms with Crippen LogP contribution in [0.4, 0.5) is 0 Å². The van der Waals surface area contributed by atoms with Crippen LogP contribution in [0.5, 0.6) is 0 Å². The summed E-state index contributed by atoms with van der Waals surface area (Å²) in [5.74, 6) is 0. The van der Waals surface area contributed by atoms with Gasteiger partial charge in [-0.15, -0.1) is 0 Å². The van der Waals surface area contributed by atoms with Gasteiger partial charge in [0.2, 0.25) is 0 Å². The third-order valence-electron chi connectivity index (χ3n) is 10.7. The summed E-state index contributed by atoms with van der Waals surface area (Å²) >= 11 is 0. The Bertz CT molecular complexity index is 2840. The van der Waals surface area contributed by atoms with E-state index in [0.717, 1.165) is 34.8 Å². The molecule has 47 heavy (non-hydrogen) atoms. The van der Waals surface area contributed by atoms with Crippen molar-refractivity contribution in [3.63, 3.8) is 0 Å². The average Bonchev–Trinajstić information content (AvgIpc) is 3.48. The Morgan fingerprint density at radius 1 is 0.468 bits per heavy atom. The van der Waals surface area contributed by atoms with E-state index in [1.807, 2.05) is 0 Å². The van der Waals surface area contributed by atoms with Crippen molar-refractivity contribution in [2.24, 2.45) is 0 Å². The van der Waals surface area contributed by atoms with E-state index in [1.165, 1.54) is 87.6 Å². The van der Waals surface area contributed by atoms with Gasteiger partial charge in [0, 0.05) is 10.8 Å². The first-order valence-corrected chi connectivity index (χ1v) is 16.5. The number of hydrogen-bond acceptors (Lipinski definition) is 1. The minimum Gasteiger partial charge on any atom is -0.456 e. The molecule has 0 N–H and O–H groups in total. The number of rotatable bonds is 2. The average molecular weight is 597 g/mol. The van der Waals surface area contributed by atoms with Gasteiger partial charge in [-0.25, -0.2) is 0 Å². The summed E-state index contributed by atoms with van der Waals surface area (Å²) in [6, 6.07) is 47.0. The standard InChI is InChI=1S/C46H28O/c1-2-9-31-25-42-40(24-30(31)8-1)33-21-20-32(26-41(33)47-42)44-34-12-3-5-14-36(34)46(37-15-6-4-13-35(37)44)39-23-19-29-17-16-27-10-7-11-28-18-22-38(39)45(29)43(27)28/h1-10,12-21,23-26H,11,22H2. The van der Waals surface area contributed by atoms with Gasteiger partial charge < -0.3 is 4.42 Å². The van der Waals surface area contributed by atoms with Crippen LogP contribution < -0.4 is 0 Å². The van der Waals surface area contributed by atoms with Gasteiger partial charge >= 0.3 is 0 Å².